The molecule has 9 heteroatoms. The van der Waals surface area contributed by atoms with Gasteiger partial charge in [0.1, 0.15) is 5.01 Å². The summed E-state index contributed by atoms with van der Waals surface area (Å²) in [5, 5.41) is 10.8. The Morgan fingerprint density at radius 3 is 2.54 bits per heavy atom. The second-order valence-electron chi connectivity index (χ2n) is 5.13. The molecule has 1 aromatic carbocycles. The van der Waals surface area contributed by atoms with Crippen LogP contribution in [0.3, 0.4) is 0 Å². The van der Waals surface area contributed by atoms with Gasteiger partial charge in [-0.3, -0.25) is 9.63 Å². The molecule has 0 aliphatic rings. The number of carbonyl (C=O) groups is 1. The van der Waals surface area contributed by atoms with Crippen molar-refractivity contribution in [3.8, 4) is 0 Å². The largest absolute Gasteiger partial charge is 0.424 e. The molecule has 2 N–H and O–H groups in total. The molecule has 0 fully saturated rings. The van der Waals surface area contributed by atoms with Crippen LogP contribution < -0.4 is 5.48 Å². The summed E-state index contributed by atoms with van der Waals surface area (Å²) in [6, 6.07) is 8.77. The SMILES string of the molecule is Cc1csc([C@](O)(CC(=O)NOCc2ccccc2)C(F)(F)F)n1. The van der Waals surface area contributed by atoms with E-state index in [1.807, 2.05) is 5.48 Å². The standard InChI is InChI=1S/C15H15F3N2O3S/c1-10-9-24-13(19-10)14(22,15(16,17)18)7-12(21)20-23-8-11-5-3-2-4-6-11/h2-6,9,22H,7-8H2,1H3,(H,20,21)/t14-/m1/s1. The van der Waals surface area contributed by atoms with Gasteiger partial charge in [-0.25, -0.2) is 10.5 Å². The van der Waals surface area contributed by atoms with Gasteiger partial charge in [-0.1, -0.05) is 30.3 Å². The molecular weight excluding hydrogens is 345 g/mol. The van der Waals surface area contributed by atoms with Crippen LogP contribution in [0, 0.1) is 6.92 Å². The first-order chi connectivity index (χ1) is 11.2. The van der Waals surface area contributed by atoms with Gasteiger partial charge in [0, 0.05) is 11.1 Å². The molecular formula is C15H15F3N2O3S. The van der Waals surface area contributed by atoms with Crippen molar-refractivity contribution in [1.29, 1.82) is 0 Å². The van der Waals surface area contributed by atoms with Crippen LogP contribution >= 0.6 is 11.3 Å². The number of aliphatic hydroxyl groups is 1. The Kier molecular flexibility index (Phi) is 5.58. The minimum atomic E-state index is -5.05. The summed E-state index contributed by atoms with van der Waals surface area (Å²) < 4.78 is 39.7. The average molecular weight is 360 g/mol. The highest BCUT2D eigenvalue weighted by molar-refractivity contribution is 7.09. The fraction of sp³-hybridized carbons (Fsp3) is 0.333. The Balaban J connectivity index is 2.00. The summed E-state index contributed by atoms with van der Waals surface area (Å²) in [6.07, 6.45) is -6.29. The van der Waals surface area contributed by atoms with Crippen molar-refractivity contribution in [3.63, 3.8) is 0 Å². The van der Waals surface area contributed by atoms with Crippen LogP contribution in [0.2, 0.25) is 0 Å². The van der Waals surface area contributed by atoms with Crippen LogP contribution in [0.1, 0.15) is 22.7 Å². The molecule has 5 nitrogen and oxygen atoms in total. The van der Waals surface area contributed by atoms with Crippen molar-refractivity contribution < 1.29 is 27.9 Å². The maximum Gasteiger partial charge on any atom is 0.424 e. The van der Waals surface area contributed by atoms with Gasteiger partial charge < -0.3 is 5.11 Å². The zero-order valence-corrected chi connectivity index (χ0v) is 13.4. The topological polar surface area (TPSA) is 71.5 Å². The minimum absolute atomic E-state index is 0.00656. The Morgan fingerprint density at radius 2 is 2.00 bits per heavy atom. The zero-order chi connectivity index (χ0) is 17.8. The molecule has 0 bridgehead atoms. The maximum absolute atomic E-state index is 13.2. The first kappa shape index (κ1) is 18.4. The van der Waals surface area contributed by atoms with E-state index in [0.717, 1.165) is 5.56 Å². The predicted molar refractivity (Wildman–Crippen MR) is 80.8 cm³/mol. The summed E-state index contributed by atoms with van der Waals surface area (Å²) in [5.74, 6) is -1.10. The van der Waals surface area contributed by atoms with Crippen LogP contribution in [0.5, 0.6) is 0 Å². The van der Waals surface area contributed by atoms with Crippen molar-refractivity contribution in [2.45, 2.75) is 31.7 Å². The van der Waals surface area contributed by atoms with E-state index in [2.05, 4.69) is 4.98 Å². The number of hydrogen-bond donors (Lipinski definition) is 2. The Bertz CT molecular complexity index is 691. The third-order valence-corrected chi connectivity index (χ3v) is 4.24. The predicted octanol–water partition coefficient (Wildman–Crippen LogP) is 2.84. The molecule has 1 atom stereocenters. The molecule has 1 amide bonds. The fourth-order valence-corrected chi connectivity index (χ4v) is 2.80. The number of halogens is 3. The minimum Gasteiger partial charge on any atom is -0.374 e. The lowest BCUT2D eigenvalue weighted by atomic mass is 9.99. The van der Waals surface area contributed by atoms with E-state index >= 15 is 0 Å². The van der Waals surface area contributed by atoms with Gasteiger partial charge in [0.2, 0.25) is 11.5 Å². The monoisotopic (exact) mass is 360 g/mol. The lowest BCUT2D eigenvalue weighted by Crippen LogP contribution is -2.46. The first-order valence-electron chi connectivity index (χ1n) is 6.88. The van der Waals surface area contributed by atoms with Crippen LogP contribution in [-0.2, 0) is 21.8 Å². The van der Waals surface area contributed by atoms with E-state index in [0.29, 0.717) is 17.0 Å². The van der Waals surface area contributed by atoms with E-state index in [4.69, 9.17) is 4.84 Å². The molecule has 2 aromatic rings. The fourth-order valence-electron chi connectivity index (χ4n) is 1.88. The lowest BCUT2D eigenvalue weighted by Gasteiger charge is -2.27. The summed E-state index contributed by atoms with van der Waals surface area (Å²) in [7, 11) is 0. The van der Waals surface area contributed by atoms with Crippen molar-refractivity contribution in [2.24, 2.45) is 0 Å². The number of amides is 1. The van der Waals surface area contributed by atoms with Crippen molar-refractivity contribution >= 4 is 17.2 Å². The molecule has 0 saturated heterocycles. The van der Waals surface area contributed by atoms with E-state index < -0.39 is 29.1 Å². The highest BCUT2D eigenvalue weighted by Gasteiger charge is 2.58. The number of hydrogen-bond acceptors (Lipinski definition) is 5. The molecule has 2 rings (SSSR count). The summed E-state index contributed by atoms with van der Waals surface area (Å²) in [4.78, 5) is 20.3. The normalized spacial score (nSPS) is 14.2. The van der Waals surface area contributed by atoms with Crippen LogP contribution in [-0.4, -0.2) is 22.2 Å². The Labute approximate surface area is 140 Å². The van der Waals surface area contributed by atoms with Crippen LogP contribution in [0.15, 0.2) is 35.7 Å². The number of nitrogens with one attached hydrogen (secondary N) is 1. The quantitative estimate of drug-likeness (QED) is 0.777. The highest BCUT2D eigenvalue weighted by atomic mass is 32.1. The number of hydroxylamine groups is 1. The molecule has 1 heterocycles. The van der Waals surface area contributed by atoms with E-state index in [1.54, 1.807) is 30.3 Å². The maximum atomic E-state index is 13.2. The molecule has 1 aromatic heterocycles. The van der Waals surface area contributed by atoms with Crippen molar-refractivity contribution in [3.05, 3.63) is 52.0 Å². The smallest absolute Gasteiger partial charge is 0.374 e. The average Bonchev–Trinajstić information content (AvgIpc) is 2.94. The molecule has 130 valence electrons. The number of aromatic nitrogens is 1. The van der Waals surface area contributed by atoms with E-state index in [1.165, 1.54) is 12.3 Å². The van der Waals surface area contributed by atoms with Gasteiger partial charge in [0.15, 0.2) is 0 Å². The number of aryl methyl sites for hydroxylation is 1. The molecule has 24 heavy (non-hydrogen) atoms. The summed E-state index contributed by atoms with van der Waals surface area (Å²) in [6.45, 7) is 1.49. The van der Waals surface area contributed by atoms with E-state index in [-0.39, 0.29) is 6.61 Å². The number of nitrogens with zero attached hydrogens (tertiary/aromatic N) is 1. The van der Waals surface area contributed by atoms with Gasteiger partial charge in [0.05, 0.1) is 13.0 Å². The zero-order valence-electron chi connectivity index (χ0n) is 12.6. The van der Waals surface area contributed by atoms with Crippen LogP contribution in [0.4, 0.5) is 13.2 Å². The van der Waals surface area contributed by atoms with Crippen LogP contribution in [0.25, 0.3) is 0 Å². The third-order valence-electron chi connectivity index (χ3n) is 3.13. The Morgan fingerprint density at radius 1 is 1.33 bits per heavy atom. The van der Waals surface area contributed by atoms with Gasteiger partial charge in [-0.15, -0.1) is 11.3 Å². The molecule has 0 radical (unpaired) electrons. The number of rotatable bonds is 6. The molecule has 0 unspecified atom stereocenters. The number of alkyl halides is 3. The second kappa shape index (κ2) is 7.29. The highest BCUT2D eigenvalue weighted by Crippen LogP contribution is 2.42. The lowest BCUT2D eigenvalue weighted by molar-refractivity contribution is -0.268. The third kappa shape index (κ3) is 4.31. The second-order valence-corrected chi connectivity index (χ2v) is 5.99. The Hall–Kier alpha value is -1.97. The van der Waals surface area contributed by atoms with Gasteiger partial charge >= 0.3 is 6.18 Å². The van der Waals surface area contributed by atoms with E-state index in [9.17, 15) is 23.1 Å². The number of thiazole rings is 1. The molecule has 0 saturated carbocycles. The van der Waals surface area contributed by atoms with Gasteiger partial charge in [-0.2, -0.15) is 13.2 Å². The van der Waals surface area contributed by atoms with Gasteiger partial charge in [0.25, 0.3) is 0 Å². The molecule has 0 aliphatic heterocycles. The molecule has 0 aliphatic carbocycles. The summed E-state index contributed by atoms with van der Waals surface area (Å²) >= 11 is 0.644. The van der Waals surface area contributed by atoms with Gasteiger partial charge in [-0.05, 0) is 12.5 Å². The number of benzene rings is 1. The molecule has 0 spiro atoms. The van der Waals surface area contributed by atoms with Crippen molar-refractivity contribution in [1.82, 2.24) is 10.5 Å². The first-order valence-corrected chi connectivity index (χ1v) is 7.76. The van der Waals surface area contributed by atoms with Crippen molar-refractivity contribution in [2.75, 3.05) is 0 Å². The summed E-state index contributed by atoms with van der Waals surface area (Å²) in [5.41, 5.74) is -0.374. The number of carbonyl (C=O) groups excluding carboxylic acids is 1.